The zero-order chi connectivity index (χ0) is 10.3. The molecule has 4 heteroatoms. The number of carboxylic acid groups (broad SMARTS) is 1. The largest absolute Gasteiger partial charge is 0.481 e. The number of ether oxygens (including phenoxy) is 1. The van der Waals surface area contributed by atoms with E-state index in [9.17, 15) is 9.59 Å². The van der Waals surface area contributed by atoms with Crippen LogP contribution in [-0.4, -0.2) is 24.2 Å². The molecule has 0 heterocycles. The highest BCUT2D eigenvalue weighted by molar-refractivity contribution is 5.75. The van der Waals surface area contributed by atoms with E-state index in [1.807, 2.05) is 0 Å². The highest BCUT2D eigenvalue weighted by atomic mass is 16.5. The number of hydrogen-bond donors (Lipinski definition) is 1. The van der Waals surface area contributed by atoms with Gasteiger partial charge in [0.1, 0.15) is 0 Å². The maximum Gasteiger partial charge on any atom is 0.308 e. The molecular formula is C10H14O4. The summed E-state index contributed by atoms with van der Waals surface area (Å²) >= 11 is 0. The summed E-state index contributed by atoms with van der Waals surface area (Å²) in [6.07, 6.45) is 2.24. The molecule has 2 rings (SSSR count). The highest BCUT2D eigenvalue weighted by Crippen LogP contribution is 2.52. The van der Waals surface area contributed by atoms with Gasteiger partial charge < -0.3 is 9.84 Å². The van der Waals surface area contributed by atoms with Crippen molar-refractivity contribution < 1.29 is 19.4 Å². The number of esters is 1. The predicted octanol–water partition coefficient (Wildman–Crippen LogP) is 0.906. The molecule has 2 aliphatic rings. The molecule has 2 saturated carbocycles. The molecule has 0 aliphatic heterocycles. The third-order valence-electron chi connectivity index (χ3n) is 3.68. The first-order chi connectivity index (χ1) is 6.63. The molecule has 0 saturated heterocycles. The van der Waals surface area contributed by atoms with Crippen LogP contribution in [0.5, 0.6) is 0 Å². The van der Waals surface area contributed by atoms with Crippen molar-refractivity contribution in [1.82, 2.24) is 0 Å². The quantitative estimate of drug-likeness (QED) is 0.670. The monoisotopic (exact) mass is 198 g/mol. The normalized spacial score (nSPS) is 39.8. The van der Waals surface area contributed by atoms with Gasteiger partial charge in [-0.1, -0.05) is 0 Å². The van der Waals surface area contributed by atoms with Crippen molar-refractivity contribution >= 4 is 11.9 Å². The molecule has 0 amide bonds. The summed E-state index contributed by atoms with van der Waals surface area (Å²) in [7, 11) is 1.39. The summed E-state index contributed by atoms with van der Waals surface area (Å²) in [5.74, 6) is -0.696. The van der Waals surface area contributed by atoms with Crippen LogP contribution in [0.2, 0.25) is 0 Å². The van der Waals surface area contributed by atoms with Crippen molar-refractivity contribution in [3.05, 3.63) is 0 Å². The lowest BCUT2D eigenvalue weighted by atomic mass is 9.82. The van der Waals surface area contributed by atoms with Crippen LogP contribution >= 0.6 is 0 Å². The van der Waals surface area contributed by atoms with Gasteiger partial charge in [0.05, 0.1) is 18.9 Å². The second-order valence-corrected chi connectivity index (χ2v) is 4.30. The average molecular weight is 198 g/mol. The van der Waals surface area contributed by atoms with Crippen LogP contribution in [0.3, 0.4) is 0 Å². The Morgan fingerprint density at radius 2 is 1.71 bits per heavy atom. The minimum atomic E-state index is -0.708. The van der Waals surface area contributed by atoms with Crippen LogP contribution in [0.15, 0.2) is 0 Å². The number of fused-ring (bicyclic) bond motifs is 2. The lowest BCUT2D eigenvalue weighted by Gasteiger charge is -2.23. The van der Waals surface area contributed by atoms with E-state index < -0.39 is 5.97 Å². The predicted molar refractivity (Wildman–Crippen MR) is 47.5 cm³/mol. The summed E-state index contributed by atoms with van der Waals surface area (Å²) in [6.45, 7) is 0. The molecule has 0 aromatic heterocycles. The van der Waals surface area contributed by atoms with Crippen molar-refractivity contribution in [1.29, 1.82) is 0 Å². The minimum Gasteiger partial charge on any atom is -0.481 e. The van der Waals surface area contributed by atoms with Crippen molar-refractivity contribution in [2.75, 3.05) is 7.11 Å². The van der Waals surface area contributed by atoms with Crippen molar-refractivity contribution in [2.45, 2.75) is 19.3 Å². The third-order valence-corrected chi connectivity index (χ3v) is 3.68. The van der Waals surface area contributed by atoms with Crippen LogP contribution in [-0.2, 0) is 14.3 Å². The Morgan fingerprint density at radius 3 is 2.14 bits per heavy atom. The molecule has 2 aliphatic carbocycles. The molecule has 0 radical (unpaired) electrons. The van der Waals surface area contributed by atoms with Gasteiger partial charge in [-0.2, -0.15) is 0 Å². The number of aliphatic carboxylic acids is 1. The highest BCUT2D eigenvalue weighted by Gasteiger charge is 2.51. The maximum absolute atomic E-state index is 11.3. The van der Waals surface area contributed by atoms with Gasteiger partial charge in [-0.15, -0.1) is 0 Å². The summed E-state index contributed by atoms with van der Waals surface area (Å²) in [4.78, 5) is 22.1. The van der Waals surface area contributed by atoms with Crippen LogP contribution in [0.4, 0.5) is 0 Å². The molecule has 0 aromatic carbocycles. The minimum absolute atomic E-state index is 0.0411. The molecular weight excluding hydrogens is 184 g/mol. The summed E-state index contributed by atoms with van der Waals surface area (Å²) in [5.41, 5.74) is 0. The Hall–Kier alpha value is -1.06. The fourth-order valence-electron chi connectivity index (χ4n) is 3.02. The van der Waals surface area contributed by atoms with E-state index in [0.717, 1.165) is 6.42 Å². The van der Waals surface area contributed by atoms with E-state index in [2.05, 4.69) is 0 Å². The Labute approximate surface area is 82.2 Å². The Morgan fingerprint density at radius 1 is 1.14 bits per heavy atom. The standard InChI is InChI=1S/C10H14O4/c1-14-10(13)8-4-5-2-6(8)3-7(5)9(11)12/h5-8H,2-4H2,1H3,(H,11,12)/t5-,6-,7+,8+/m1/s1. The van der Waals surface area contributed by atoms with Gasteiger partial charge in [-0.05, 0) is 31.1 Å². The van der Waals surface area contributed by atoms with E-state index in [1.165, 1.54) is 7.11 Å². The second-order valence-electron chi connectivity index (χ2n) is 4.30. The van der Waals surface area contributed by atoms with Crippen molar-refractivity contribution in [2.24, 2.45) is 23.7 Å². The summed E-state index contributed by atoms with van der Waals surface area (Å²) < 4.78 is 4.70. The van der Waals surface area contributed by atoms with Crippen LogP contribution in [0, 0.1) is 23.7 Å². The van der Waals surface area contributed by atoms with Gasteiger partial charge in [0.25, 0.3) is 0 Å². The molecule has 1 N–H and O–H groups in total. The molecule has 14 heavy (non-hydrogen) atoms. The molecule has 0 spiro atoms. The van der Waals surface area contributed by atoms with Gasteiger partial charge in [0.2, 0.25) is 0 Å². The third kappa shape index (κ3) is 1.29. The molecule has 2 bridgehead atoms. The smallest absolute Gasteiger partial charge is 0.308 e. The van der Waals surface area contributed by atoms with Gasteiger partial charge in [0, 0.05) is 0 Å². The lowest BCUT2D eigenvalue weighted by Crippen LogP contribution is -2.28. The summed E-state index contributed by atoms with van der Waals surface area (Å²) in [6, 6.07) is 0. The van der Waals surface area contributed by atoms with Gasteiger partial charge in [-0.3, -0.25) is 9.59 Å². The fourth-order valence-corrected chi connectivity index (χ4v) is 3.02. The second kappa shape index (κ2) is 3.26. The van der Waals surface area contributed by atoms with Crippen molar-refractivity contribution in [3.63, 3.8) is 0 Å². The zero-order valence-corrected chi connectivity index (χ0v) is 8.10. The molecule has 78 valence electrons. The van der Waals surface area contributed by atoms with E-state index in [-0.39, 0.29) is 29.6 Å². The number of carbonyl (C=O) groups is 2. The van der Waals surface area contributed by atoms with Gasteiger partial charge in [0.15, 0.2) is 0 Å². The van der Waals surface area contributed by atoms with Crippen LogP contribution in [0.1, 0.15) is 19.3 Å². The number of carboxylic acids is 1. The zero-order valence-electron chi connectivity index (χ0n) is 8.10. The lowest BCUT2D eigenvalue weighted by molar-refractivity contribution is -0.150. The molecule has 2 fully saturated rings. The van der Waals surface area contributed by atoms with Crippen LogP contribution < -0.4 is 0 Å². The molecule has 0 unspecified atom stereocenters. The number of hydrogen-bond acceptors (Lipinski definition) is 3. The van der Waals surface area contributed by atoms with Gasteiger partial charge in [-0.25, -0.2) is 0 Å². The number of carbonyl (C=O) groups excluding carboxylic acids is 1. The van der Waals surface area contributed by atoms with Crippen LogP contribution in [0.25, 0.3) is 0 Å². The number of methoxy groups -OCH3 is 1. The number of rotatable bonds is 2. The summed E-state index contributed by atoms with van der Waals surface area (Å²) in [5, 5.41) is 8.90. The van der Waals surface area contributed by atoms with E-state index in [4.69, 9.17) is 9.84 Å². The molecule has 0 aromatic rings. The topological polar surface area (TPSA) is 63.6 Å². The average Bonchev–Trinajstić information content (AvgIpc) is 2.74. The van der Waals surface area contributed by atoms with Crippen molar-refractivity contribution in [3.8, 4) is 0 Å². The SMILES string of the molecule is COC(=O)[C@H]1C[C@H]2C[C@@H]1C[C@@H]2C(=O)O. The van der Waals surface area contributed by atoms with E-state index in [1.54, 1.807) is 0 Å². The fraction of sp³-hybridized carbons (Fsp3) is 0.800. The Bertz CT molecular complexity index is 273. The first-order valence-electron chi connectivity index (χ1n) is 4.94. The Kier molecular flexibility index (Phi) is 2.21. The molecule has 4 atom stereocenters. The first-order valence-corrected chi connectivity index (χ1v) is 4.94. The molecule has 4 nitrogen and oxygen atoms in total. The van der Waals surface area contributed by atoms with Gasteiger partial charge >= 0.3 is 11.9 Å². The Balaban J connectivity index is 2.03. The van der Waals surface area contributed by atoms with E-state index >= 15 is 0 Å². The first kappa shape index (κ1) is 9.49. The maximum atomic E-state index is 11.3. The van der Waals surface area contributed by atoms with E-state index in [0.29, 0.717) is 12.8 Å².